The first-order valence-electron chi connectivity index (χ1n) is 7.84. The van der Waals surface area contributed by atoms with E-state index < -0.39 is 0 Å². The van der Waals surface area contributed by atoms with E-state index in [0.717, 1.165) is 25.4 Å². The molecular weight excluding hydrogens is 260 g/mol. The Labute approximate surface area is 127 Å². The molecule has 3 heteroatoms. The second-order valence-electron chi connectivity index (χ2n) is 5.90. The van der Waals surface area contributed by atoms with E-state index in [1.54, 1.807) is 6.26 Å². The van der Waals surface area contributed by atoms with Gasteiger partial charge in [0.05, 0.1) is 12.8 Å². The predicted molar refractivity (Wildman–Crippen MR) is 85.4 cm³/mol. The highest BCUT2D eigenvalue weighted by Crippen LogP contribution is 2.28. The number of furan rings is 1. The Morgan fingerprint density at radius 1 is 1.24 bits per heavy atom. The molecule has 1 unspecified atom stereocenters. The number of likely N-dealkylation sites (tertiary alicyclic amines) is 1. The highest BCUT2D eigenvalue weighted by Gasteiger charge is 2.24. The van der Waals surface area contributed by atoms with E-state index in [1.165, 1.54) is 30.6 Å². The first-order valence-corrected chi connectivity index (χ1v) is 7.84. The fourth-order valence-corrected chi connectivity index (χ4v) is 3.20. The van der Waals surface area contributed by atoms with Gasteiger partial charge >= 0.3 is 0 Å². The molecule has 1 aliphatic heterocycles. The smallest absolute Gasteiger partial charge is 0.117 e. The number of rotatable bonds is 6. The second-order valence-corrected chi connectivity index (χ2v) is 5.90. The molecule has 1 saturated heterocycles. The van der Waals surface area contributed by atoms with Gasteiger partial charge in [-0.05, 0) is 49.1 Å². The molecule has 112 valence electrons. The van der Waals surface area contributed by atoms with Crippen molar-refractivity contribution in [1.29, 1.82) is 0 Å². The fraction of sp³-hybridized carbons (Fsp3) is 0.444. The van der Waals surface area contributed by atoms with Crippen LogP contribution < -0.4 is 5.32 Å². The Morgan fingerprint density at radius 2 is 2.14 bits per heavy atom. The SMILES string of the molecule is Cc1ccccc1C1CCN(CCNCc2ccco2)C1. The number of hydrogen-bond donors (Lipinski definition) is 1. The van der Waals surface area contributed by atoms with Crippen molar-refractivity contribution in [3.8, 4) is 0 Å². The lowest BCUT2D eigenvalue weighted by Gasteiger charge is -2.17. The van der Waals surface area contributed by atoms with Gasteiger partial charge in [-0.2, -0.15) is 0 Å². The number of benzene rings is 1. The molecule has 1 fully saturated rings. The van der Waals surface area contributed by atoms with Crippen LogP contribution in [-0.4, -0.2) is 31.1 Å². The molecule has 21 heavy (non-hydrogen) atoms. The first-order chi connectivity index (χ1) is 10.3. The summed E-state index contributed by atoms with van der Waals surface area (Å²) in [7, 11) is 0. The summed E-state index contributed by atoms with van der Waals surface area (Å²) in [6.45, 7) is 7.57. The molecule has 3 rings (SSSR count). The average Bonchev–Trinajstić information content (AvgIpc) is 3.16. The van der Waals surface area contributed by atoms with Gasteiger partial charge in [-0.25, -0.2) is 0 Å². The third kappa shape index (κ3) is 3.74. The number of aryl methyl sites for hydroxylation is 1. The Kier molecular flexibility index (Phi) is 4.73. The van der Waals surface area contributed by atoms with E-state index in [2.05, 4.69) is 41.4 Å². The van der Waals surface area contributed by atoms with Crippen molar-refractivity contribution >= 4 is 0 Å². The maximum atomic E-state index is 5.32. The fourth-order valence-electron chi connectivity index (χ4n) is 3.20. The van der Waals surface area contributed by atoms with Crippen LogP contribution in [0.5, 0.6) is 0 Å². The molecule has 1 aromatic heterocycles. The monoisotopic (exact) mass is 284 g/mol. The van der Waals surface area contributed by atoms with Crippen molar-refractivity contribution in [1.82, 2.24) is 10.2 Å². The van der Waals surface area contributed by atoms with Crippen molar-refractivity contribution in [3.05, 3.63) is 59.5 Å². The summed E-state index contributed by atoms with van der Waals surface area (Å²) >= 11 is 0. The molecular formula is C18H24N2O. The van der Waals surface area contributed by atoms with E-state index in [4.69, 9.17) is 4.42 Å². The Hall–Kier alpha value is -1.58. The quantitative estimate of drug-likeness (QED) is 0.826. The molecule has 1 aliphatic rings. The lowest BCUT2D eigenvalue weighted by molar-refractivity contribution is 0.328. The Balaban J connectivity index is 1.42. The number of nitrogens with zero attached hydrogens (tertiary/aromatic N) is 1. The van der Waals surface area contributed by atoms with Crippen LogP contribution in [0.2, 0.25) is 0 Å². The van der Waals surface area contributed by atoms with Gasteiger partial charge < -0.3 is 14.6 Å². The van der Waals surface area contributed by atoms with E-state index in [0.29, 0.717) is 5.92 Å². The minimum Gasteiger partial charge on any atom is -0.468 e. The van der Waals surface area contributed by atoms with Gasteiger partial charge in [-0.3, -0.25) is 0 Å². The topological polar surface area (TPSA) is 28.4 Å². The van der Waals surface area contributed by atoms with Gasteiger partial charge in [0.25, 0.3) is 0 Å². The van der Waals surface area contributed by atoms with Gasteiger partial charge in [-0.1, -0.05) is 24.3 Å². The number of hydrogen-bond acceptors (Lipinski definition) is 3. The van der Waals surface area contributed by atoms with Crippen molar-refractivity contribution in [2.45, 2.75) is 25.8 Å². The van der Waals surface area contributed by atoms with E-state index in [9.17, 15) is 0 Å². The van der Waals surface area contributed by atoms with Crippen LogP contribution >= 0.6 is 0 Å². The van der Waals surface area contributed by atoms with Crippen LogP contribution in [0.3, 0.4) is 0 Å². The third-order valence-corrected chi connectivity index (χ3v) is 4.38. The Bertz CT molecular complexity index is 550. The number of nitrogens with one attached hydrogen (secondary N) is 1. The van der Waals surface area contributed by atoms with Crippen LogP contribution in [0, 0.1) is 6.92 Å². The maximum Gasteiger partial charge on any atom is 0.117 e. The molecule has 0 saturated carbocycles. The zero-order chi connectivity index (χ0) is 14.5. The van der Waals surface area contributed by atoms with Crippen molar-refractivity contribution in [2.24, 2.45) is 0 Å². The predicted octanol–water partition coefficient (Wildman–Crippen LogP) is 3.17. The zero-order valence-corrected chi connectivity index (χ0v) is 12.7. The molecule has 0 bridgehead atoms. The minimum atomic E-state index is 0.705. The molecule has 0 spiro atoms. The molecule has 3 nitrogen and oxygen atoms in total. The molecule has 0 radical (unpaired) electrons. The van der Waals surface area contributed by atoms with Crippen molar-refractivity contribution in [3.63, 3.8) is 0 Å². The van der Waals surface area contributed by atoms with Crippen molar-refractivity contribution < 1.29 is 4.42 Å². The first kappa shape index (κ1) is 14.4. The maximum absolute atomic E-state index is 5.32. The van der Waals surface area contributed by atoms with Gasteiger partial charge in [0.1, 0.15) is 5.76 Å². The molecule has 1 N–H and O–H groups in total. The summed E-state index contributed by atoms with van der Waals surface area (Å²) in [5.74, 6) is 1.71. The molecule has 1 aromatic carbocycles. The normalized spacial score (nSPS) is 19.2. The zero-order valence-electron chi connectivity index (χ0n) is 12.7. The Morgan fingerprint density at radius 3 is 2.95 bits per heavy atom. The van der Waals surface area contributed by atoms with E-state index >= 15 is 0 Å². The summed E-state index contributed by atoms with van der Waals surface area (Å²) in [4.78, 5) is 2.56. The minimum absolute atomic E-state index is 0.705. The van der Waals surface area contributed by atoms with Gasteiger partial charge in [0, 0.05) is 19.6 Å². The standard InChI is InChI=1S/C18H24N2O/c1-15-5-2-3-7-18(15)16-8-10-20(14-16)11-9-19-13-17-6-4-12-21-17/h2-7,12,16,19H,8-11,13-14H2,1H3. The highest BCUT2D eigenvalue weighted by molar-refractivity contribution is 5.30. The van der Waals surface area contributed by atoms with Crippen LogP contribution in [0.4, 0.5) is 0 Å². The summed E-state index contributed by atoms with van der Waals surface area (Å²) in [5, 5.41) is 3.45. The second kappa shape index (κ2) is 6.92. The lowest BCUT2D eigenvalue weighted by atomic mass is 9.94. The largest absolute Gasteiger partial charge is 0.468 e. The van der Waals surface area contributed by atoms with Crippen molar-refractivity contribution in [2.75, 3.05) is 26.2 Å². The average molecular weight is 284 g/mol. The summed E-state index contributed by atoms with van der Waals surface area (Å²) < 4.78 is 5.32. The highest BCUT2D eigenvalue weighted by atomic mass is 16.3. The van der Waals surface area contributed by atoms with Gasteiger partial charge in [-0.15, -0.1) is 0 Å². The summed E-state index contributed by atoms with van der Waals surface area (Å²) in [6, 6.07) is 12.8. The van der Waals surface area contributed by atoms with E-state index in [-0.39, 0.29) is 0 Å². The molecule has 1 atom stereocenters. The van der Waals surface area contributed by atoms with Crippen LogP contribution in [0.1, 0.15) is 29.2 Å². The lowest BCUT2D eigenvalue weighted by Crippen LogP contribution is -2.30. The summed E-state index contributed by atoms with van der Waals surface area (Å²) in [5.41, 5.74) is 2.96. The third-order valence-electron chi connectivity index (χ3n) is 4.38. The van der Waals surface area contributed by atoms with Gasteiger partial charge in [0.2, 0.25) is 0 Å². The molecule has 0 aliphatic carbocycles. The molecule has 0 amide bonds. The summed E-state index contributed by atoms with van der Waals surface area (Å²) in [6.07, 6.45) is 3.01. The van der Waals surface area contributed by atoms with E-state index in [1.807, 2.05) is 12.1 Å². The van der Waals surface area contributed by atoms with Gasteiger partial charge in [0.15, 0.2) is 0 Å². The molecule has 2 heterocycles. The molecule has 2 aromatic rings. The van der Waals surface area contributed by atoms with Crippen LogP contribution in [0.15, 0.2) is 47.1 Å². The van der Waals surface area contributed by atoms with Crippen LogP contribution in [0.25, 0.3) is 0 Å². The van der Waals surface area contributed by atoms with Crippen LogP contribution in [-0.2, 0) is 6.54 Å².